The number of benzene rings is 3. The summed E-state index contributed by atoms with van der Waals surface area (Å²) in [5.74, 6) is -0.249. The highest BCUT2D eigenvalue weighted by atomic mass is 19.1. The van der Waals surface area contributed by atoms with E-state index in [1.165, 1.54) is 6.07 Å². The molecule has 3 heterocycles. The molecule has 0 aliphatic rings. The largest absolute Gasteiger partial charge is 0.390 e. The minimum absolute atomic E-state index is 0.144. The lowest BCUT2D eigenvalue weighted by Gasteiger charge is -2.12. The second kappa shape index (κ2) is 7.32. The van der Waals surface area contributed by atoms with E-state index in [2.05, 4.69) is 27.8 Å². The van der Waals surface area contributed by atoms with Crippen LogP contribution in [0.3, 0.4) is 0 Å². The first-order valence-corrected chi connectivity index (χ1v) is 10.6. The van der Waals surface area contributed by atoms with Gasteiger partial charge < -0.3 is 14.7 Å². The Kier molecular flexibility index (Phi) is 4.30. The van der Waals surface area contributed by atoms with Gasteiger partial charge >= 0.3 is 0 Å². The van der Waals surface area contributed by atoms with Gasteiger partial charge in [-0.15, -0.1) is 0 Å². The molecule has 0 unspecified atom stereocenters. The zero-order chi connectivity index (χ0) is 21.7. The van der Waals surface area contributed by atoms with Gasteiger partial charge in [0, 0.05) is 45.5 Å². The summed E-state index contributed by atoms with van der Waals surface area (Å²) < 4.78 is 16.1. The molecular formula is C27H20FN3O. The van der Waals surface area contributed by atoms with Crippen molar-refractivity contribution in [1.82, 2.24) is 14.5 Å². The van der Waals surface area contributed by atoms with Crippen molar-refractivity contribution in [1.29, 1.82) is 0 Å². The number of hydrogen-bond donors (Lipinski definition) is 2. The van der Waals surface area contributed by atoms with Gasteiger partial charge in [-0.3, -0.25) is 0 Å². The molecule has 0 bridgehead atoms. The molecule has 156 valence electrons. The summed E-state index contributed by atoms with van der Waals surface area (Å²) in [6.07, 6.45) is 1.97. The maximum Gasteiger partial charge on any atom is 0.123 e. The Bertz CT molecular complexity index is 1610. The molecule has 0 fully saturated rings. The third-order valence-corrected chi connectivity index (χ3v) is 6.04. The number of aromatic amines is 1. The standard InChI is InChI=1S/C27H20FN3O/c28-18-7-5-6-17(12-18)15-31-25-11-4-2-9-21(25)22-13-19(16-32)30-26(27(22)31)23-14-29-24-10-3-1-8-20(23)24/h1-14,29,32H,15-16H2. The Morgan fingerprint density at radius 1 is 0.875 bits per heavy atom. The highest BCUT2D eigenvalue weighted by Crippen LogP contribution is 2.38. The Hall–Kier alpha value is -3.96. The molecule has 0 aliphatic carbocycles. The zero-order valence-corrected chi connectivity index (χ0v) is 17.2. The van der Waals surface area contributed by atoms with E-state index in [0.717, 1.165) is 49.5 Å². The summed E-state index contributed by atoms with van der Waals surface area (Å²) in [5, 5.41) is 13.1. The van der Waals surface area contributed by atoms with Crippen molar-refractivity contribution in [2.45, 2.75) is 13.2 Å². The number of aliphatic hydroxyl groups is 1. The van der Waals surface area contributed by atoms with Crippen LogP contribution in [0, 0.1) is 5.82 Å². The molecule has 4 nitrogen and oxygen atoms in total. The van der Waals surface area contributed by atoms with E-state index >= 15 is 0 Å². The lowest BCUT2D eigenvalue weighted by Crippen LogP contribution is -2.02. The smallest absolute Gasteiger partial charge is 0.123 e. The van der Waals surface area contributed by atoms with Gasteiger partial charge in [0.2, 0.25) is 0 Å². The number of pyridine rings is 1. The van der Waals surface area contributed by atoms with Gasteiger partial charge in [0.05, 0.1) is 23.5 Å². The molecule has 32 heavy (non-hydrogen) atoms. The summed E-state index contributed by atoms with van der Waals surface area (Å²) in [6, 6.07) is 25.0. The highest BCUT2D eigenvalue weighted by molar-refractivity contribution is 6.14. The molecule has 3 aromatic heterocycles. The van der Waals surface area contributed by atoms with E-state index < -0.39 is 0 Å². The molecule has 0 radical (unpaired) electrons. The van der Waals surface area contributed by atoms with Gasteiger partial charge in [-0.25, -0.2) is 9.37 Å². The van der Waals surface area contributed by atoms with Crippen molar-refractivity contribution in [3.8, 4) is 11.3 Å². The molecule has 0 amide bonds. The topological polar surface area (TPSA) is 53.8 Å². The Morgan fingerprint density at radius 3 is 2.53 bits per heavy atom. The molecule has 5 heteroatoms. The fourth-order valence-corrected chi connectivity index (χ4v) is 4.65. The van der Waals surface area contributed by atoms with Gasteiger partial charge in [0.25, 0.3) is 0 Å². The summed E-state index contributed by atoms with van der Waals surface area (Å²) in [5.41, 5.74) is 6.32. The molecule has 6 rings (SSSR count). The molecule has 0 aliphatic heterocycles. The van der Waals surface area contributed by atoms with Crippen LogP contribution in [0.1, 0.15) is 11.3 Å². The molecule has 2 N–H and O–H groups in total. The van der Waals surface area contributed by atoms with Gasteiger partial charge in [-0.2, -0.15) is 0 Å². The number of para-hydroxylation sites is 2. The van der Waals surface area contributed by atoms with E-state index in [4.69, 9.17) is 4.98 Å². The van der Waals surface area contributed by atoms with Crippen LogP contribution < -0.4 is 0 Å². The number of halogens is 1. The number of nitrogens with zero attached hydrogens (tertiary/aromatic N) is 2. The first-order chi connectivity index (χ1) is 15.7. The van der Waals surface area contributed by atoms with Crippen LogP contribution in [0.25, 0.3) is 44.0 Å². The number of fused-ring (bicyclic) bond motifs is 4. The van der Waals surface area contributed by atoms with Crippen molar-refractivity contribution in [3.63, 3.8) is 0 Å². The van der Waals surface area contributed by atoms with E-state index in [1.54, 1.807) is 12.1 Å². The van der Waals surface area contributed by atoms with Crippen LogP contribution >= 0.6 is 0 Å². The predicted molar refractivity (Wildman–Crippen MR) is 126 cm³/mol. The Morgan fingerprint density at radius 2 is 1.69 bits per heavy atom. The molecule has 6 aromatic rings. The van der Waals surface area contributed by atoms with Crippen molar-refractivity contribution in [2.24, 2.45) is 0 Å². The maximum absolute atomic E-state index is 13.9. The van der Waals surface area contributed by atoms with Gasteiger partial charge in [0.1, 0.15) is 5.82 Å². The third-order valence-electron chi connectivity index (χ3n) is 6.04. The number of aromatic nitrogens is 3. The van der Waals surface area contributed by atoms with Crippen LogP contribution in [-0.2, 0) is 13.2 Å². The number of nitrogens with one attached hydrogen (secondary N) is 1. The summed E-state index contributed by atoms with van der Waals surface area (Å²) in [4.78, 5) is 8.20. The number of H-pyrrole nitrogens is 1. The number of rotatable bonds is 4. The van der Waals surface area contributed by atoms with E-state index in [-0.39, 0.29) is 12.4 Å². The minimum atomic E-state index is -0.249. The number of aliphatic hydroxyl groups excluding tert-OH is 1. The second-order valence-corrected chi connectivity index (χ2v) is 8.00. The van der Waals surface area contributed by atoms with Crippen LogP contribution in [0.4, 0.5) is 4.39 Å². The predicted octanol–water partition coefficient (Wildman–Crippen LogP) is 6.02. The van der Waals surface area contributed by atoms with Crippen LogP contribution in [0.2, 0.25) is 0 Å². The molecule has 0 saturated carbocycles. The maximum atomic E-state index is 13.9. The summed E-state index contributed by atoms with van der Waals surface area (Å²) in [7, 11) is 0. The summed E-state index contributed by atoms with van der Waals surface area (Å²) >= 11 is 0. The first kappa shape index (κ1) is 18.8. The van der Waals surface area contributed by atoms with Crippen molar-refractivity contribution in [2.75, 3.05) is 0 Å². The lowest BCUT2D eigenvalue weighted by atomic mass is 10.1. The highest BCUT2D eigenvalue weighted by Gasteiger charge is 2.20. The van der Waals surface area contributed by atoms with Gasteiger partial charge in [0.15, 0.2) is 0 Å². The Balaban J connectivity index is 1.72. The van der Waals surface area contributed by atoms with Crippen LogP contribution in [0.15, 0.2) is 85.1 Å². The lowest BCUT2D eigenvalue weighted by molar-refractivity contribution is 0.277. The fourth-order valence-electron chi connectivity index (χ4n) is 4.65. The van der Waals surface area contributed by atoms with Crippen molar-refractivity contribution >= 4 is 32.7 Å². The average Bonchev–Trinajstić information content (AvgIpc) is 3.39. The minimum Gasteiger partial charge on any atom is -0.390 e. The van der Waals surface area contributed by atoms with Gasteiger partial charge in [-0.05, 0) is 35.9 Å². The average molecular weight is 421 g/mol. The second-order valence-electron chi connectivity index (χ2n) is 8.00. The normalized spacial score (nSPS) is 11.7. The molecule has 3 aromatic carbocycles. The molecule has 0 spiro atoms. The monoisotopic (exact) mass is 421 g/mol. The van der Waals surface area contributed by atoms with Crippen molar-refractivity contribution in [3.05, 3.63) is 102 Å². The van der Waals surface area contributed by atoms with Crippen LogP contribution in [0.5, 0.6) is 0 Å². The van der Waals surface area contributed by atoms with Gasteiger partial charge in [-0.1, -0.05) is 48.5 Å². The van der Waals surface area contributed by atoms with E-state index in [0.29, 0.717) is 12.2 Å². The molecule has 0 atom stereocenters. The van der Waals surface area contributed by atoms with Crippen molar-refractivity contribution < 1.29 is 9.50 Å². The van der Waals surface area contributed by atoms with E-state index in [9.17, 15) is 9.50 Å². The third kappa shape index (κ3) is 2.90. The zero-order valence-electron chi connectivity index (χ0n) is 17.2. The van der Waals surface area contributed by atoms with E-state index in [1.807, 2.05) is 48.7 Å². The molecular weight excluding hydrogens is 401 g/mol. The fraction of sp³-hybridized carbons (Fsp3) is 0.0741. The quantitative estimate of drug-likeness (QED) is 0.366. The molecule has 0 saturated heterocycles. The first-order valence-electron chi connectivity index (χ1n) is 10.6. The summed E-state index contributed by atoms with van der Waals surface area (Å²) in [6.45, 7) is 0.367. The Labute approximate surface area is 183 Å². The van der Waals surface area contributed by atoms with Crippen LogP contribution in [-0.4, -0.2) is 19.6 Å². The SMILES string of the molecule is OCc1cc2c3ccccc3n(Cc3cccc(F)c3)c2c(-c2c[nH]c3ccccc23)n1. The number of hydrogen-bond acceptors (Lipinski definition) is 2.